The Morgan fingerprint density at radius 3 is 2.58 bits per heavy atom. The summed E-state index contributed by atoms with van der Waals surface area (Å²) in [5, 5.41) is 11.7. The maximum Gasteiger partial charge on any atom is 0.269 e. The summed E-state index contributed by atoms with van der Waals surface area (Å²) in [5.74, 6) is 0.190. The third kappa shape index (κ3) is 3.29. The van der Waals surface area contributed by atoms with E-state index in [0.717, 1.165) is 0 Å². The van der Waals surface area contributed by atoms with Crippen molar-refractivity contribution in [2.24, 2.45) is 0 Å². The third-order valence-corrected chi connectivity index (χ3v) is 3.82. The lowest BCUT2D eigenvalue weighted by atomic mass is 10.2. The van der Waals surface area contributed by atoms with E-state index < -0.39 is 4.92 Å². The van der Waals surface area contributed by atoms with Crippen LogP contribution in [0.2, 0.25) is 5.02 Å². The molecule has 0 unspecified atom stereocenters. The Hall–Kier alpha value is -2.70. The lowest BCUT2D eigenvalue weighted by molar-refractivity contribution is -0.384. The van der Waals surface area contributed by atoms with Crippen LogP contribution in [0.1, 0.15) is 11.4 Å². The van der Waals surface area contributed by atoms with Gasteiger partial charge in [-0.15, -0.1) is 0 Å². The van der Waals surface area contributed by atoms with Crippen LogP contribution in [0.25, 0.3) is 22.0 Å². The standard InChI is InChI=1S/C16H9Cl2N3O3/c17-10-3-6-12-14(8-10)19-15(20-16(12)22)13(18)7-9-1-4-11(5-2-9)21(23)24/h1-8H,(H,19,20,22)/b13-7-. The highest BCUT2D eigenvalue weighted by molar-refractivity contribution is 6.50. The summed E-state index contributed by atoms with van der Waals surface area (Å²) in [6.07, 6.45) is 1.56. The number of nitro benzene ring substituents is 1. The molecule has 0 aliphatic rings. The molecule has 120 valence electrons. The van der Waals surface area contributed by atoms with Crippen LogP contribution < -0.4 is 5.56 Å². The smallest absolute Gasteiger partial charge is 0.269 e. The van der Waals surface area contributed by atoms with Gasteiger partial charge in [-0.1, -0.05) is 23.2 Å². The number of nitrogens with one attached hydrogen (secondary N) is 1. The zero-order chi connectivity index (χ0) is 17.3. The van der Waals surface area contributed by atoms with E-state index in [0.29, 0.717) is 21.5 Å². The van der Waals surface area contributed by atoms with Crippen LogP contribution >= 0.6 is 23.2 Å². The zero-order valence-electron chi connectivity index (χ0n) is 12.0. The first kappa shape index (κ1) is 16.2. The van der Waals surface area contributed by atoms with Gasteiger partial charge in [0.1, 0.15) is 0 Å². The van der Waals surface area contributed by atoms with Crippen LogP contribution in [0, 0.1) is 10.1 Å². The predicted octanol–water partition coefficient (Wildman–Crippen LogP) is 4.22. The number of halogens is 2. The van der Waals surface area contributed by atoms with Crippen molar-refractivity contribution >= 4 is 50.9 Å². The average Bonchev–Trinajstić information content (AvgIpc) is 2.54. The zero-order valence-corrected chi connectivity index (χ0v) is 13.5. The SMILES string of the molecule is O=c1[nH]c(/C(Cl)=C/c2ccc([N+](=O)[O-])cc2)nc2cc(Cl)ccc12. The van der Waals surface area contributed by atoms with Gasteiger partial charge in [0.2, 0.25) is 0 Å². The Morgan fingerprint density at radius 2 is 1.92 bits per heavy atom. The second-order valence-corrected chi connectivity index (χ2v) is 5.76. The van der Waals surface area contributed by atoms with Gasteiger partial charge in [0.15, 0.2) is 5.82 Å². The van der Waals surface area contributed by atoms with E-state index in [4.69, 9.17) is 23.2 Å². The first-order valence-electron chi connectivity index (χ1n) is 6.75. The first-order chi connectivity index (χ1) is 11.4. The van der Waals surface area contributed by atoms with Gasteiger partial charge in [0, 0.05) is 17.2 Å². The summed E-state index contributed by atoms with van der Waals surface area (Å²) >= 11 is 12.1. The number of hydrogen-bond acceptors (Lipinski definition) is 4. The number of rotatable bonds is 3. The molecule has 1 aromatic heterocycles. The van der Waals surface area contributed by atoms with Gasteiger partial charge in [-0.2, -0.15) is 0 Å². The van der Waals surface area contributed by atoms with Crippen molar-refractivity contribution in [3.8, 4) is 0 Å². The topological polar surface area (TPSA) is 88.9 Å². The van der Waals surface area contributed by atoms with E-state index in [1.165, 1.54) is 12.1 Å². The summed E-state index contributed by atoms with van der Waals surface area (Å²) in [7, 11) is 0. The van der Waals surface area contributed by atoms with Crippen molar-refractivity contribution < 1.29 is 4.92 Å². The number of aromatic nitrogens is 2. The minimum atomic E-state index is -0.485. The van der Waals surface area contributed by atoms with Crippen LogP contribution in [0.15, 0.2) is 47.3 Å². The summed E-state index contributed by atoms with van der Waals surface area (Å²) in [6.45, 7) is 0. The van der Waals surface area contributed by atoms with Gasteiger partial charge in [-0.3, -0.25) is 14.9 Å². The van der Waals surface area contributed by atoms with Crippen molar-refractivity contribution in [2.45, 2.75) is 0 Å². The van der Waals surface area contributed by atoms with Gasteiger partial charge in [0.05, 0.1) is 20.9 Å². The molecule has 3 aromatic rings. The molecule has 0 bridgehead atoms. The number of benzene rings is 2. The van der Waals surface area contributed by atoms with E-state index in [1.54, 1.807) is 36.4 Å². The molecule has 0 aliphatic carbocycles. The number of nitrogens with zero attached hydrogens (tertiary/aromatic N) is 2. The maximum atomic E-state index is 12.1. The van der Waals surface area contributed by atoms with Crippen molar-refractivity contribution in [2.75, 3.05) is 0 Å². The molecule has 0 radical (unpaired) electrons. The second kappa shape index (κ2) is 6.43. The number of fused-ring (bicyclic) bond motifs is 1. The summed E-state index contributed by atoms with van der Waals surface area (Å²) < 4.78 is 0. The van der Waals surface area contributed by atoms with E-state index in [-0.39, 0.29) is 22.1 Å². The molecule has 8 heteroatoms. The Kier molecular flexibility index (Phi) is 4.33. The summed E-state index contributed by atoms with van der Waals surface area (Å²) in [4.78, 5) is 29.1. The van der Waals surface area contributed by atoms with Gasteiger partial charge in [-0.05, 0) is 42.0 Å². The number of non-ortho nitro benzene ring substituents is 1. The van der Waals surface area contributed by atoms with E-state index >= 15 is 0 Å². The van der Waals surface area contributed by atoms with Crippen molar-refractivity contribution in [3.63, 3.8) is 0 Å². The van der Waals surface area contributed by atoms with Crippen LogP contribution in [-0.2, 0) is 0 Å². The highest BCUT2D eigenvalue weighted by atomic mass is 35.5. The van der Waals surface area contributed by atoms with Crippen LogP contribution in [-0.4, -0.2) is 14.9 Å². The lowest BCUT2D eigenvalue weighted by Crippen LogP contribution is -2.10. The molecule has 0 fully saturated rings. The quantitative estimate of drug-likeness (QED) is 0.558. The van der Waals surface area contributed by atoms with Crippen molar-refractivity contribution in [1.82, 2.24) is 9.97 Å². The molecule has 1 N–H and O–H groups in total. The molecule has 0 atom stereocenters. The van der Waals surface area contributed by atoms with Gasteiger partial charge < -0.3 is 4.98 Å². The highest BCUT2D eigenvalue weighted by Crippen LogP contribution is 2.22. The monoisotopic (exact) mass is 361 g/mol. The molecule has 24 heavy (non-hydrogen) atoms. The van der Waals surface area contributed by atoms with Crippen molar-refractivity contribution in [1.29, 1.82) is 0 Å². The van der Waals surface area contributed by atoms with Gasteiger partial charge in [0.25, 0.3) is 11.2 Å². The van der Waals surface area contributed by atoms with E-state index in [1.807, 2.05) is 0 Å². The fourth-order valence-electron chi connectivity index (χ4n) is 2.13. The van der Waals surface area contributed by atoms with Gasteiger partial charge in [-0.25, -0.2) is 4.98 Å². The largest absolute Gasteiger partial charge is 0.305 e. The first-order valence-corrected chi connectivity index (χ1v) is 7.51. The Labute approximate surface area is 145 Å². The minimum Gasteiger partial charge on any atom is -0.305 e. The molecular formula is C16H9Cl2N3O3. The predicted molar refractivity (Wildman–Crippen MR) is 94.2 cm³/mol. The number of aromatic amines is 1. The maximum absolute atomic E-state index is 12.1. The third-order valence-electron chi connectivity index (χ3n) is 3.29. The Morgan fingerprint density at radius 1 is 1.21 bits per heavy atom. The van der Waals surface area contributed by atoms with Crippen molar-refractivity contribution in [3.05, 3.63) is 79.3 Å². The average molecular weight is 362 g/mol. The number of H-pyrrole nitrogens is 1. The molecule has 0 saturated carbocycles. The second-order valence-electron chi connectivity index (χ2n) is 4.92. The Bertz CT molecular complexity index is 1030. The molecule has 0 saturated heterocycles. The fourth-order valence-corrected chi connectivity index (χ4v) is 2.51. The van der Waals surface area contributed by atoms with Gasteiger partial charge >= 0.3 is 0 Å². The highest BCUT2D eigenvalue weighted by Gasteiger charge is 2.08. The molecule has 0 spiro atoms. The molecule has 0 amide bonds. The van der Waals surface area contributed by atoms with E-state index in [2.05, 4.69) is 9.97 Å². The summed E-state index contributed by atoms with van der Waals surface area (Å²) in [5.41, 5.74) is 0.716. The number of hydrogen-bond donors (Lipinski definition) is 1. The minimum absolute atomic E-state index is 0.0184. The molecule has 0 aliphatic heterocycles. The van der Waals surface area contributed by atoms with Crippen LogP contribution in [0.5, 0.6) is 0 Å². The van der Waals surface area contributed by atoms with Crippen LogP contribution in [0.4, 0.5) is 5.69 Å². The Balaban J connectivity index is 2.02. The molecule has 1 heterocycles. The molecule has 3 rings (SSSR count). The lowest BCUT2D eigenvalue weighted by Gasteiger charge is -2.03. The molecule has 2 aromatic carbocycles. The van der Waals surface area contributed by atoms with Crippen LogP contribution in [0.3, 0.4) is 0 Å². The molecule has 6 nitrogen and oxygen atoms in total. The molecular weight excluding hydrogens is 353 g/mol. The number of nitro groups is 1. The fraction of sp³-hybridized carbons (Fsp3) is 0. The normalized spacial score (nSPS) is 11.7. The summed E-state index contributed by atoms with van der Waals surface area (Å²) in [6, 6.07) is 10.6. The van der Waals surface area contributed by atoms with E-state index in [9.17, 15) is 14.9 Å².